The first-order chi connectivity index (χ1) is 14.0. The third-order valence-electron chi connectivity index (χ3n) is 6.28. The molecule has 162 valence electrons. The summed E-state index contributed by atoms with van der Waals surface area (Å²) in [6.45, 7) is 10.6. The summed E-state index contributed by atoms with van der Waals surface area (Å²) in [7, 11) is 1.78. The monoisotopic (exact) mass is 410 g/mol. The van der Waals surface area contributed by atoms with E-state index in [-0.39, 0.29) is 17.2 Å². The molecule has 0 spiro atoms. The first-order valence-corrected chi connectivity index (χ1v) is 10.7. The minimum Gasteiger partial charge on any atom is -0.350 e. The molecule has 2 amide bonds. The minimum atomic E-state index is -0.570. The normalized spacial score (nSPS) is 15.8. The lowest BCUT2D eigenvalue weighted by Gasteiger charge is -2.28. The molecule has 1 heterocycles. The molecule has 1 aliphatic carbocycles. The predicted octanol–water partition coefficient (Wildman–Crippen LogP) is 4.26. The van der Waals surface area contributed by atoms with Crippen molar-refractivity contribution in [1.29, 1.82) is 0 Å². The van der Waals surface area contributed by atoms with E-state index in [1.54, 1.807) is 11.7 Å². The van der Waals surface area contributed by atoms with Crippen LogP contribution in [0.3, 0.4) is 0 Å². The maximum atomic E-state index is 13.2. The quantitative estimate of drug-likeness (QED) is 0.773. The number of aromatic nitrogens is 2. The van der Waals surface area contributed by atoms with Gasteiger partial charge in [-0.05, 0) is 56.0 Å². The Morgan fingerprint density at radius 3 is 2.33 bits per heavy atom. The van der Waals surface area contributed by atoms with Gasteiger partial charge in [0.1, 0.15) is 5.69 Å². The molecule has 6 nitrogen and oxygen atoms in total. The molecule has 2 N–H and O–H groups in total. The molecule has 1 aliphatic rings. The van der Waals surface area contributed by atoms with Gasteiger partial charge in [0.25, 0.3) is 5.91 Å². The first-order valence-electron chi connectivity index (χ1n) is 10.7. The van der Waals surface area contributed by atoms with E-state index >= 15 is 0 Å². The first kappa shape index (κ1) is 22.1. The second-order valence-electron chi connectivity index (χ2n) is 9.71. The zero-order valence-electron chi connectivity index (χ0n) is 19.1. The Bertz CT molecular complexity index is 947. The molecule has 1 aromatic heterocycles. The van der Waals surface area contributed by atoms with Gasteiger partial charge in [0.2, 0.25) is 5.91 Å². The van der Waals surface area contributed by atoms with E-state index in [9.17, 15) is 9.59 Å². The van der Waals surface area contributed by atoms with Gasteiger partial charge < -0.3 is 10.6 Å². The van der Waals surface area contributed by atoms with Crippen molar-refractivity contribution in [2.24, 2.45) is 12.5 Å². The molecule has 3 rings (SSSR count). The number of carbonyl (C=O) groups excluding carboxylic acids is 2. The molecule has 1 fully saturated rings. The summed E-state index contributed by atoms with van der Waals surface area (Å²) in [5, 5.41) is 10.6. The van der Waals surface area contributed by atoms with E-state index in [2.05, 4.69) is 43.4 Å². The van der Waals surface area contributed by atoms with Crippen molar-refractivity contribution < 1.29 is 9.59 Å². The van der Waals surface area contributed by atoms with Gasteiger partial charge in [-0.2, -0.15) is 5.10 Å². The van der Waals surface area contributed by atoms with Gasteiger partial charge in [-0.15, -0.1) is 0 Å². The summed E-state index contributed by atoms with van der Waals surface area (Å²) in [5.41, 5.74) is 3.84. The average Bonchev–Trinajstić information content (AvgIpc) is 3.30. The van der Waals surface area contributed by atoms with Gasteiger partial charge in [-0.1, -0.05) is 39.7 Å². The third kappa shape index (κ3) is 4.58. The number of carbonyl (C=O) groups is 2. The zero-order chi connectivity index (χ0) is 22.1. The van der Waals surface area contributed by atoms with Gasteiger partial charge in [0.15, 0.2) is 0 Å². The molecular formula is C24H34N4O2. The number of rotatable bonds is 5. The molecule has 0 atom stereocenters. The van der Waals surface area contributed by atoms with Crippen molar-refractivity contribution in [3.8, 4) is 0 Å². The van der Waals surface area contributed by atoms with Gasteiger partial charge in [-0.25, -0.2) is 0 Å². The van der Waals surface area contributed by atoms with Crippen LogP contribution in [0, 0.1) is 19.3 Å². The Hall–Kier alpha value is -2.63. The number of benzene rings is 1. The van der Waals surface area contributed by atoms with Gasteiger partial charge in [0.05, 0.1) is 11.1 Å². The Labute approximate surface area is 179 Å². The molecule has 6 heteroatoms. The number of hydrogen-bond donors (Lipinski definition) is 2. The van der Waals surface area contributed by atoms with Gasteiger partial charge >= 0.3 is 0 Å². The second-order valence-corrected chi connectivity index (χ2v) is 9.71. The topological polar surface area (TPSA) is 76.0 Å². The molecule has 0 bridgehead atoms. The number of amides is 2. The van der Waals surface area contributed by atoms with Crippen LogP contribution in [0.2, 0.25) is 0 Å². The van der Waals surface area contributed by atoms with Crippen LogP contribution in [0.15, 0.2) is 24.3 Å². The Morgan fingerprint density at radius 1 is 1.10 bits per heavy atom. The molecule has 2 aromatic rings. The highest BCUT2D eigenvalue weighted by atomic mass is 16.2. The molecule has 1 saturated carbocycles. The lowest BCUT2D eigenvalue weighted by molar-refractivity contribution is -0.125. The van der Waals surface area contributed by atoms with Crippen LogP contribution >= 0.6 is 0 Å². The van der Waals surface area contributed by atoms with Crippen molar-refractivity contribution in [3.05, 3.63) is 46.8 Å². The van der Waals surface area contributed by atoms with Gasteiger partial charge in [0, 0.05) is 24.7 Å². The Morgan fingerprint density at radius 2 is 1.77 bits per heavy atom. The number of nitrogens with zero attached hydrogens (tertiary/aromatic N) is 2. The third-order valence-corrected chi connectivity index (χ3v) is 6.28. The highest BCUT2D eigenvalue weighted by molar-refractivity contribution is 5.97. The van der Waals surface area contributed by atoms with Crippen LogP contribution in [0.5, 0.6) is 0 Å². The van der Waals surface area contributed by atoms with E-state index in [4.69, 9.17) is 0 Å². The van der Waals surface area contributed by atoms with Crippen molar-refractivity contribution in [3.63, 3.8) is 0 Å². The van der Waals surface area contributed by atoms with Crippen molar-refractivity contribution in [2.45, 2.75) is 65.7 Å². The van der Waals surface area contributed by atoms with E-state index in [1.165, 1.54) is 5.56 Å². The van der Waals surface area contributed by atoms with E-state index < -0.39 is 5.41 Å². The number of hydrogen-bond acceptors (Lipinski definition) is 3. The van der Waals surface area contributed by atoms with Crippen molar-refractivity contribution in [1.82, 2.24) is 15.1 Å². The summed E-state index contributed by atoms with van der Waals surface area (Å²) in [6.07, 6.45) is 3.55. The maximum absolute atomic E-state index is 13.2. The fraction of sp³-hybridized carbons (Fsp3) is 0.542. The van der Waals surface area contributed by atoms with Crippen LogP contribution in [-0.4, -0.2) is 28.1 Å². The summed E-state index contributed by atoms with van der Waals surface area (Å²) < 4.78 is 1.62. The molecule has 0 radical (unpaired) electrons. The Balaban J connectivity index is 1.72. The smallest absolute Gasteiger partial charge is 0.269 e. The van der Waals surface area contributed by atoms with Crippen LogP contribution < -0.4 is 10.6 Å². The SMILES string of the molecule is Cc1ccc(NC(=O)C2(CNC(=O)c3cc(C(C)(C)C)nn3C)CCCC2)cc1C. The van der Waals surface area contributed by atoms with Crippen LogP contribution in [0.4, 0.5) is 5.69 Å². The molecule has 0 unspecified atom stereocenters. The fourth-order valence-corrected chi connectivity index (χ4v) is 4.01. The lowest BCUT2D eigenvalue weighted by Crippen LogP contribution is -2.44. The summed E-state index contributed by atoms with van der Waals surface area (Å²) in [4.78, 5) is 26.1. The Kier molecular flexibility index (Phi) is 6.06. The molecule has 0 saturated heterocycles. The highest BCUT2D eigenvalue weighted by Crippen LogP contribution is 2.39. The molecule has 1 aromatic carbocycles. The predicted molar refractivity (Wildman–Crippen MR) is 120 cm³/mol. The largest absolute Gasteiger partial charge is 0.350 e. The average molecular weight is 411 g/mol. The second kappa shape index (κ2) is 8.25. The van der Waals surface area contributed by atoms with Gasteiger partial charge in [-0.3, -0.25) is 14.3 Å². The lowest BCUT2D eigenvalue weighted by atomic mass is 9.84. The standard InChI is InChI=1S/C24H34N4O2/c1-16-9-10-18(13-17(16)2)26-22(30)24(11-7-8-12-24)15-25-21(29)19-14-20(23(3,4)5)27-28(19)6/h9-10,13-14H,7-8,11-12,15H2,1-6H3,(H,25,29)(H,26,30). The summed E-state index contributed by atoms with van der Waals surface area (Å²) in [5.74, 6) is -0.199. The zero-order valence-corrected chi connectivity index (χ0v) is 19.1. The molecule has 30 heavy (non-hydrogen) atoms. The summed E-state index contributed by atoms with van der Waals surface area (Å²) >= 11 is 0. The molecular weight excluding hydrogens is 376 g/mol. The number of aryl methyl sites for hydroxylation is 3. The summed E-state index contributed by atoms with van der Waals surface area (Å²) in [6, 6.07) is 7.79. The number of nitrogens with one attached hydrogen (secondary N) is 2. The fourth-order valence-electron chi connectivity index (χ4n) is 4.01. The van der Waals surface area contributed by atoms with Crippen molar-refractivity contribution >= 4 is 17.5 Å². The van der Waals surface area contributed by atoms with Crippen LogP contribution in [0.25, 0.3) is 0 Å². The van der Waals surface area contributed by atoms with Crippen LogP contribution in [-0.2, 0) is 17.3 Å². The van der Waals surface area contributed by atoms with Crippen molar-refractivity contribution in [2.75, 3.05) is 11.9 Å². The van der Waals surface area contributed by atoms with E-state index in [0.29, 0.717) is 12.2 Å². The number of anilines is 1. The minimum absolute atomic E-state index is 0.0102. The molecule has 0 aliphatic heterocycles. The highest BCUT2D eigenvalue weighted by Gasteiger charge is 2.41. The van der Waals surface area contributed by atoms with E-state index in [0.717, 1.165) is 42.6 Å². The maximum Gasteiger partial charge on any atom is 0.269 e. The van der Waals surface area contributed by atoms with Crippen LogP contribution in [0.1, 0.15) is 73.8 Å². The van der Waals surface area contributed by atoms with E-state index in [1.807, 2.05) is 31.2 Å².